The van der Waals surface area contributed by atoms with E-state index in [1.807, 2.05) is 11.8 Å². The molecule has 0 aliphatic rings. The largest absolute Gasteiger partial charge is 0.333 e. The fraction of sp³-hybridized carbons (Fsp3) is 0.909. The van der Waals surface area contributed by atoms with Crippen molar-refractivity contribution in [2.45, 2.75) is 34.6 Å². The standard InChI is InChI=1S/C11H23NOS.B/c1-6-14-11(13)12(7-9(2)3)8-10(4)5;/h9-10H,6-8H2,1-5H3;. The van der Waals surface area contributed by atoms with E-state index in [0.29, 0.717) is 11.8 Å². The highest BCUT2D eigenvalue weighted by atomic mass is 32.2. The predicted molar refractivity (Wildman–Crippen MR) is 70.5 cm³/mol. The van der Waals surface area contributed by atoms with Crippen LogP contribution >= 0.6 is 11.8 Å². The molecule has 1 amide bonds. The lowest BCUT2D eigenvalue weighted by atomic mass is 10.1. The van der Waals surface area contributed by atoms with Crippen LogP contribution in [-0.4, -0.2) is 37.4 Å². The van der Waals surface area contributed by atoms with Crippen LogP contribution in [-0.2, 0) is 0 Å². The first kappa shape index (κ1) is 17.3. The predicted octanol–water partition coefficient (Wildman–Crippen LogP) is 3.09. The molecule has 0 aliphatic carbocycles. The molecule has 0 aromatic heterocycles. The maximum absolute atomic E-state index is 11.7. The molecule has 0 aromatic carbocycles. The topological polar surface area (TPSA) is 20.3 Å². The number of rotatable bonds is 5. The van der Waals surface area contributed by atoms with E-state index < -0.39 is 0 Å². The second-order valence-corrected chi connectivity index (χ2v) is 5.61. The van der Waals surface area contributed by atoms with Gasteiger partial charge in [-0.05, 0) is 17.6 Å². The molecule has 0 fully saturated rings. The molecule has 2 nitrogen and oxygen atoms in total. The van der Waals surface area contributed by atoms with Gasteiger partial charge in [0.2, 0.25) is 0 Å². The van der Waals surface area contributed by atoms with Gasteiger partial charge in [0.1, 0.15) is 0 Å². The zero-order chi connectivity index (χ0) is 11.1. The smallest absolute Gasteiger partial charge is 0.281 e. The lowest BCUT2D eigenvalue weighted by Crippen LogP contribution is -2.34. The molecule has 0 N–H and O–H groups in total. The fourth-order valence-electron chi connectivity index (χ4n) is 1.32. The quantitative estimate of drug-likeness (QED) is 0.674. The number of hydrogen-bond acceptors (Lipinski definition) is 2. The van der Waals surface area contributed by atoms with Crippen LogP contribution in [0.4, 0.5) is 4.79 Å². The monoisotopic (exact) mass is 228 g/mol. The van der Waals surface area contributed by atoms with Crippen molar-refractivity contribution in [3.05, 3.63) is 0 Å². The Morgan fingerprint density at radius 2 is 1.53 bits per heavy atom. The van der Waals surface area contributed by atoms with Gasteiger partial charge in [-0.3, -0.25) is 4.79 Å². The summed E-state index contributed by atoms with van der Waals surface area (Å²) in [6.45, 7) is 12.4. The number of nitrogens with zero attached hydrogens (tertiary/aromatic N) is 1. The third kappa shape index (κ3) is 8.85. The Morgan fingerprint density at radius 1 is 1.13 bits per heavy atom. The van der Waals surface area contributed by atoms with Crippen molar-refractivity contribution in [1.29, 1.82) is 0 Å². The summed E-state index contributed by atoms with van der Waals surface area (Å²) in [5.41, 5.74) is 0. The number of carbonyl (C=O) groups excluding carboxylic acids is 1. The molecule has 4 heteroatoms. The van der Waals surface area contributed by atoms with Gasteiger partial charge in [0.05, 0.1) is 0 Å². The molecule has 0 bridgehead atoms. The van der Waals surface area contributed by atoms with Gasteiger partial charge < -0.3 is 4.90 Å². The van der Waals surface area contributed by atoms with Crippen LogP contribution in [0.15, 0.2) is 0 Å². The first-order valence-electron chi connectivity index (χ1n) is 5.39. The molecule has 0 saturated heterocycles. The molecular formula is C11H23BNOS. The molecule has 0 aliphatic heterocycles. The average Bonchev–Trinajstić information content (AvgIpc) is 2.01. The number of carbonyl (C=O) groups is 1. The Labute approximate surface area is 101 Å². The molecule has 0 spiro atoms. The minimum atomic E-state index is 0. The number of thioether (sulfide) groups is 1. The summed E-state index contributed by atoms with van der Waals surface area (Å²) in [7, 11) is 0. The number of amides is 1. The highest BCUT2D eigenvalue weighted by molar-refractivity contribution is 8.13. The van der Waals surface area contributed by atoms with E-state index in [1.54, 1.807) is 0 Å². The van der Waals surface area contributed by atoms with Crippen molar-refractivity contribution >= 4 is 25.4 Å². The van der Waals surface area contributed by atoms with Crippen LogP contribution in [0.2, 0.25) is 0 Å². The van der Waals surface area contributed by atoms with Crippen molar-refractivity contribution in [1.82, 2.24) is 4.90 Å². The molecule has 15 heavy (non-hydrogen) atoms. The lowest BCUT2D eigenvalue weighted by Gasteiger charge is -2.25. The third-order valence-corrected chi connectivity index (χ3v) is 2.49. The molecule has 0 unspecified atom stereocenters. The molecule has 3 radical (unpaired) electrons. The van der Waals surface area contributed by atoms with Crippen LogP contribution in [0, 0.1) is 11.8 Å². The molecule has 0 atom stereocenters. The summed E-state index contributed by atoms with van der Waals surface area (Å²) >= 11 is 1.41. The van der Waals surface area contributed by atoms with E-state index in [2.05, 4.69) is 27.7 Å². The highest BCUT2D eigenvalue weighted by Gasteiger charge is 2.15. The molecule has 0 heterocycles. The summed E-state index contributed by atoms with van der Waals surface area (Å²) in [5.74, 6) is 1.97. The van der Waals surface area contributed by atoms with E-state index in [4.69, 9.17) is 0 Å². The van der Waals surface area contributed by atoms with E-state index in [9.17, 15) is 4.79 Å². The summed E-state index contributed by atoms with van der Waals surface area (Å²) in [5, 5.41) is 0.231. The summed E-state index contributed by atoms with van der Waals surface area (Å²) in [6, 6.07) is 0. The minimum absolute atomic E-state index is 0. The van der Waals surface area contributed by atoms with E-state index in [1.165, 1.54) is 11.8 Å². The fourth-order valence-corrected chi connectivity index (χ4v) is 1.90. The Morgan fingerprint density at radius 3 is 1.80 bits per heavy atom. The van der Waals surface area contributed by atoms with Gasteiger partial charge in [0, 0.05) is 21.5 Å². The molecule has 0 saturated carbocycles. The van der Waals surface area contributed by atoms with E-state index in [0.717, 1.165) is 18.8 Å². The zero-order valence-corrected chi connectivity index (χ0v) is 11.4. The third-order valence-electron chi connectivity index (χ3n) is 1.70. The van der Waals surface area contributed by atoms with Crippen LogP contribution in [0.1, 0.15) is 34.6 Å². The SMILES string of the molecule is CCSC(=O)N(CC(C)C)CC(C)C.[B]. The maximum Gasteiger partial charge on any atom is 0.281 e. The van der Waals surface area contributed by atoms with Crippen LogP contribution in [0.5, 0.6) is 0 Å². The minimum Gasteiger partial charge on any atom is -0.333 e. The van der Waals surface area contributed by atoms with Gasteiger partial charge >= 0.3 is 0 Å². The zero-order valence-electron chi connectivity index (χ0n) is 10.6. The summed E-state index contributed by atoms with van der Waals surface area (Å²) in [6.07, 6.45) is 0. The van der Waals surface area contributed by atoms with Gasteiger partial charge in [-0.15, -0.1) is 0 Å². The van der Waals surface area contributed by atoms with Crippen LogP contribution < -0.4 is 0 Å². The second-order valence-electron chi connectivity index (χ2n) is 4.39. The van der Waals surface area contributed by atoms with Gasteiger partial charge in [-0.2, -0.15) is 0 Å². The van der Waals surface area contributed by atoms with E-state index in [-0.39, 0.29) is 13.7 Å². The highest BCUT2D eigenvalue weighted by Crippen LogP contribution is 2.12. The van der Waals surface area contributed by atoms with Gasteiger partial charge in [-0.25, -0.2) is 0 Å². The Hall–Kier alpha value is -0.115. The van der Waals surface area contributed by atoms with Crippen molar-refractivity contribution < 1.29 is 4.79 Å². The number of hydrogen-bond donors (Lipinski definition) is 0. The normalized spacial score (nSPS) is 10.3. The average molecular weight is 228 g/mol. The van der Waals surface area contributed by atoms with Crippen molar-refractivity contribution in [2.75, 3.05) is 18.8 Å². The Bertz CT molecular complexity index is 164. The van der Waals surface area contributed by atoms with Crippen molar-refractivity contribution in [2.24, 2.45) is 11.8 Å². The van der Waals surface area contributed by atoms with Gasteiger partial charge in [0.25, 0.3) is 5.24 Å². The van der Waals surface area contributed by atoms with Gasteiger partial charge in [-0.1, -0.05) is 46.4 Å². The summed E-state index contributed by atoms with van der Waals surface area (Å²) in [4.78, 5) is 13.7. The first-order chi connectivity index (χ1) is 6.47. The first-order valence-corrected chi connectivity index (χ1v) is 6.37. The molecular weight excluding hydrogens is 205 g/mol. The van der Waals surface area contributed by atoms with Crippen LogP contribution in [0.3, 0.4) is 0 Å². The molecule has 0 aromatic rings. The molecule has 87 valence electrons. The maximum atomic E-state index is 11.7. The Kier molecular flexibility index (Phi) is 10.5. The van der Waals surface area contributed by atoms with E-state index >= 15 is 0 Å². The lowest BCUT2D eigenvalue weighted by molar-refractivity contribution is 0.208. The summed E-state index contributed by atoms with van der Waals surface area (Å²) < 4.78 is 0. The molecule has 0 rings (SSSR count). The second kappa shape index (κ2) is 9.14. The van der Waals surface area contributed by atoms with Crippen molar-refractivity contribution in [3.8, 4) is 0 Å². The van der Waals surface area contributed by atoms with Gasteiger partial charge in [0.15, 0.2) is 0 Å². The van der Waals surface area contributed by atoms with Crippen molar-refractivity contribution in [3.63, 3.8) is 0 Å². The Balaban J connectivity index is 0. The van der Waals surface area contributed by atoms with Crippen LogP contribution in [0.25, 0.3) is 0 Å².